The molecule has 0 aromatic heterocycles. The zero-order valence-electron chi connectivity index (χ0n) is 31.5. The Kier molecular flexibility index (Phi) is 37.5. The van der Waals surface area contributed by atoms with E-state index in [4.69, 9.17) is 9.47 Å². The van der Waals surface area contributed by atoms with Gasteiger partial charge in [0, 0.05) is 12.8 Å². The van der Waals surface area contributed by atoms with Crippen LogP contribution in [0.2, 0.25) is 0 Å². The van der Waals surface area contributed by atoms with Crippen molar-refractivity contribution in [3.05, 3.63) is 48.6 Å². The monoisotopic (exact) mass is 673 g/mol. The van der Waals surface area contributed by atoms with Crippen LogP contribution in [0.4, 0.5) is 0 Å². The first-order valence-corrected chi connectivity index (χ1v) is 20.2. The molecule has 0 aliphatic heterocycles. The Labute approximate surface area is 297 Å². The summed E-state index contributed by atoms with van der Waals surface area (Å²) < 4.78 is 10.6. The maximum Gasteiger partial charge on any atom is 0.306 e. The SMILES string of the molecule is CCCCC/C=C/C/C=C/CCCCCCCCCC(=O)OC[C@H](CO)OC(=O)CCCCCCCCC/C=C/C/C=C/CCCCC. The summed E-state index contributed by atoms with van der Waals surface area (Å²) in [7, 11) is 0. The Morgan fingerprint density at radius 1 is 0.479 bits per heavy atom. The standard InChI is InChI=1S/C43H76O5/c1-3-5-7-9-11-13-15-17-19-21-23-25-27-29-31-33-35-37-42(45)47-40-41(39-44)48-43(46)38-36-34-32-30-28-26-24-22-20-18-16-14-12-10-8-6-4-2/h11-14,17-20,41,44H,3-10,15-16,21-40H2,1-2H3/b13-11+,14-12+,19-17+,20-18+/t41-/m0/s1. The van der Waals surface area contributed by atoms with Gasteiger partial charge in [0.15, 0.2) is 6.10 Å². The summed E-state index contributed by atoms with van der Waals surface area (Å²) in [5, 5.41) is 9.56. The fourth-order valence-electron chi connectivity index (χ4n) is 5.50. The highest BCUT2D eigenvalue weighted by Gasteiger charge is 2.16. The second kappa shape index (κ2) is 39.3. The summed E-state index contributed by atoms with van der Waals surface area (Å²) in [5.41, 5.74) is 0. The molecule has 1 N–H and O–H groups in total. The highest BCUT2D eigenvalue weighted by Crippen LogP contribution is 2.13. The van der Waals surface area contributed by atoms with Gasteiger partial charge in [0.25, 0.3) is 0 Å². The topological polar surface area (TPSA) is 72.8 Å². The molecule has 278 valence electrons. The van der Waals surface area contributed by atoms with Crippen molar-refractivity contribution in [3.63, 3.8) is 0 Å². The Balaban J connectivity index is 3.58. The van der Waals surface area contributed by atoms with Crippen molar-refractivity contribution in [1.29, 1.82) is 0 Å². The average Bonchev–Trinajstić information content (AvgIpc) is 3.09. The summed E-state index contributed by atoms with van der Waals surface area (Å²) in [4.78, 5) is 24.3. The van der Waals surface area contributed by atoms with Crippen LogP contribution in [-0.4, -0.2) is 36.4 Å². The van der Waals surface area contributed by atoms with Gasteiger partial charge in [-0.2, -0.15) is 0 Å². The van der Waals surface area contributed by atoms with Gasteiger partial charge in [-0.25, -0.2) is 0 Å². The summed E-state index contributed by atoms with van der Waals surface area (Å²) in [6.45, 7) is 4.07. The molecule has 48 heavy (non-hydrogen) atoms. The van der Waals surface area contributed by atoms with Crippen molar-refractivity contribution in [2.75, 3.05) is 13.2 Å². The summed E-state index contributed by atoms with van der Waals surface area (Å²) >= 11 is 0. The summed E-state index contributed by atoms with van der Waals surface area (Å²) in [6.07, 6.45) is 48.8. The van der Waals surface area contributed by atoms with Gasteiger partial charge in [-0.1, -0.05) is 152 Å². The highest BCUT2D eigenvalue weighted by molar-refractivity contribution is 5.70. The van der Waals surface area contributed by atoms with Crippen LogP contribution in [0.5, 0.6) is 0 Å². The van der Waals surface area contributed by atoms with Crippen LogP contribution < -0.4 is 0 Å². The lowest BCUT2D eigenvalue weighted by Gasteiger charge is -2.15. The van der Waals surface area contributed by atoms with E-state index in [9.17, 15) is 14.7 Å². The van der Waals surface area contributed by atoms with Gasteiger partial charge < -0.3 is 14.6 Å². The largest absolute Gasteiger partial charge is 0.462 e. The van der Waals surface area contributed by atoms with Crippen molar-refractivity contribution in [2.24, 2.45) is 0 Å². The fourth-order valence-corrected chi connectivity index (χ4v) is 5.50. The van der Waals surface area contributed by atoms with Gasteiger partial charge in [-0.05, 0) is 77.0 Å². The van der Waals surface area contributed by atoms with Crippen LogP contribution in [0.3, 0.4) is 0 Å². The molecule has 0 aromatic carbocycles. The van der Waals surface area contributed by atoms with E-state index in [0.29, 0.717) is 12.8 Å². The number of aliphatic hydroxyl groups excluding tert-OH is 1. The lowest BCUT2D eigenvalue weighted by molar-refractivity contribution is -0.161. The van der Waals surface area contributed by atoms with Gasteiger partial charge in [0.1, 0.15) is 6.61 Å². The molecule has 5 heteroatoms. The number of carbonyl (C=O) groups is 2. The Hall–Kier alpha value is -2.14. The first-order valence-electron chi connectivity index (χ1n) is 20.2. The van der Waals surface area contributed by atoms with E-state index < -0.39 is 6.10 Å². The number of ether oxygens (including phenoxy) is 2. The maximum absolute atomic E-state index is 12.2. The number of allylic oxidation sites excluding steroid dienone is 8. The first kappa shape index (κ1) is 45.9. The third-order valence-electron chi connectivity index (χ3n) is 8.60. The van der Waals surface area contributed by atoms with E-state index in [0.717, 1.165) is 64.2 Å². The molecular formula is C43H76O5. The van der Waals surface area contributed by atoms with Gasteiger partial charge >= 0.3 is 11.9 Å². The number of aliphatic hydroxyl groups is 1. The number of hydrogen-bond donors (Lipinski definition) is 1. The number of unbranched alkanes of at least 4 members (excludes halogenated alkanes) is 20. The van der Waals surface area contributed by atoms with Gasteiger partial charge in [-0.3, -0.25) is 9.59 Å². The smallest absolute Gasteiger partial charge is 0.306 e. The Morgan fingerprint density at radius 2 is 0.833 bits per heavy atom. The normalized spacial score (nSPS) is 12.6. The summed E-state index contributed by atoms with van der Waals surface area (Å²) in [6, 6.07) is 0. The minimum absolute atomic E-state index is 0.0737. The second-order valence-corrected chi connectivity index (χ2v) is 13.4. The molecule has 0 saturated heterocycles. The molecule has 0 radical (unpaired) electrons. The van der Waals surface area contributed by atoms with Crippen molar-refractivity contribution < 1.29 is 24.2 Å². The molecular weight excluding hydrogens is 596 g/mol. The molecule has 0 saturated carbocycles. The zero-order chi connectivity index (χ0) is 35.0. The van der Waals surface area contributed by atoms with Crippen LogP contribution in [-0.2, 0) is 19.1 Å². The van der Waals surface area contributed by atoms with Crippen LogP contribution in [0.15, 0.2) is 48.6 Å². The second-order valence-electron chi connectivity index (χ2n) is 13.4. The van der Waals surface area contributed by atoms with Crippen LogP contribution in [0.1, 0.15) is 194 Å². The molecule has 0 fully saturated rings. The third-order valence-corrected chi connectivity index (χ3v) is 8.60. The lowest BCUT2D eigenvalue weighted by atomic mass is 10.1. The van der Waals surface area contributed by atoms with Gasteiger partial charge in [-0.15, -0.1) is 0 Å². The van der Waals surface area contributed by atoms with E-state index in [-0.39, 0.29) is 25.2 Å². The van der Waals surface area contributed by atoms with E-state index in [1.54, 1.807) is 0 Å². The van der Waals surface area contributed by atoms with Crippen LogP contribution in [0, 0.1) is 0 Å². The molecule has 0 amide bonds. The highest BCUT2D eigenvalue weighted by atomic mass is 16.6. The van der Waals surface area contributed by atoms with Crippen LogP contribution in [0.25, 0.3) is 0 Å². The van der Waals surface area contributed by atoms with Crippen molar-refractivity contribution in [1.82, 2.24) is 0 Å². The fraction of sp³-hybridized carbons (Fsp3) is 0.767. The summed E-state index contributed by atoms with van der Waals surface area (Å²) in [5.74, 6) is -0.609. The first-order chi connectivity index (χ1) is 23.6. The molecule has 1 atom stereocenters. The maximum atomic E-state index is 12.2. The van der Waals surface area contributed by atoms with E-state index in [1.807, 2.05) is 0 Å². The number of hydrogen-bond acceptors (Lipinski definition) is 5. The Bertz CT molecular complexity index is 812. The quantitative estimate of drug-likeness (QED) is 0.0407. The molecule has 0 aliphatic rings. The molecule has 5 nitrogen and oxygen atoms in total. The molecule has 0 aromatic rings. The zero-order valence-corrected chi connectivity index (χ0v) is 31.5. The van der Waals surface area contributed by atoms with Gasteiger partial charge in [0.05, 0.1) is 6.61 Å². The van der Waals surface area contributed by atoms with E-state index in [2.05, 4.69) is 62.5 Å². The molecule has 0 rings (SSSR count). The molecule has 0 spiro atoms. The lowest BCUT2D eigenvalue weighted by Crippen LogP contribution is -2.28. The molecule has 0 aliphatic carbocycles. The number of esters is 2. The van der Waals surface area contributed by atoms with Crippen molar-refractivity contribution in [2.45, 2.75) is 200 Å². The molecule has 0 bridgehead atoms. The van der Waals surface area contributed by atoms with Crippen molar-refractivity contribution >= 4 is 11.9 Å². The predicted octanol–water partition coefficient (Wildman–Crippen LogP) is 12.6. The van der Waals surface area contributed by atoms with E-state index in [1.165, 1.54) is 103 Å². The van der Waals surface area contributed by atoms with Crippen LogP contribution >= 0.6 is 0 Å². The number of rotatable bonds is 36. The average molecular weight is 673 g/mol. The van der Waals surface area contributed by atoms with Gasteiger partial charge in [0.2, 0.25) is 0 Å². The predicted molar refractivity (Wildman–Crippen MR) is 205 cm³/mol. The third kappa shape index (κ3) is 36.7. The molecule has 0 heterocycles. The Morgan fingerprint density at radius 3 is 1.23 bits per heavy atom. The molecule has 0 unspecified atom stereocenters. The number of carbonyl (C=O) groups excluding carboxylic acids is 2. The van der Waals surface area contributed by atoms with E-state index >= 15 is 0 Å². The minimum Gasteiger partial charge on any atom is -0.462 e. The van der Waals surface area contributed by atoms with Crippen molar-refractivity contribution in [3.8, 4) is 0 Å². The minimum atomic E-state index is -0.779.